The number of likely N-dealkylation sites (N-methyl/N-ethyl adjacent to an activating group) is 1. The number of hydrogen-bond donors (Lipinski definition) is 1. The Kier molecular flexibility index (Phi) is 2.88. The molecule has 1 aromatic heterocycles. The van der Waals surface area contributed by atoms with Crippen LogP contribution >= 0.6 is 11.3 Å². The first kappa shape index (κ1) is 10.1. The van der Waals surface area contributed by atoms with Crippen LogP contribution in [0.2, 0.25) is 0 Å². The van der Waals surface area contributed by atoms with Gasteiger partial charge in [0, 0.05) is 17.8 Å². The van der Waals surface area contributed by atoms with E-state index in [1.54, 1.807) is 11.3 Å². The molecule has 1 aliphatic rings. The number of thiazole rings is 1. The first-order chi connectivity index (χ1) is 6.70. The maximum Gasteiger partial charge on any atom is 0.0897 e. The van der Waals surface area contributed by atoms with Gasteiger partial charge in [-0.25, -0.2) is 4.98 Å². The SMILES string of the molecule is CNC(Cc1csc(C)n1)C1CC1C. The molecule has 0 aromatic carbocycles. The smallest absolute Gasteiger partial charge is 0.0897 e. The Morgan fingerprint density at radius 3 is 2.86 bits per heavy atom. The van der Waals surface area contributed by atoms with E-state index in [2.05, 4.69) is 36.6 Å². The molecule has 0 spiro atoms. The molecule has 1 N–H and O–H groups in total. The second-order valence-corrected chi connectivity index (χ2v) is 5.40. The molecule has 14 heavy (non-hydrogen) atoms. The molecule has 1 aromatic rings. The largest absolute Gasteiger partial charge is 0.316 e. The van der Waals surface area contributed by atoms with E-state index in [0.717, 1.165) is 18.3 Å². The summed E-state index contributed by atoms with van der Waals surface area (Å²) < 4.78 is 0. The van der Waals surface area contributed by atoms with Crippen molar-refractivity contribution in [1.29, 1.82) is 0 Å². The van der Waals surface area contributed by atoms with Crippen LogP contribution in [0.25, 0.3) is 0 Å². The molecule has 0 aliphatic heterocycles. The van der Waals surface area contributed by atoms with Crippen molar-refractivity contribution in [3.8, 4) is 0 Å². The maximum absolute atomic E-state index is 4.51. The lowest BCUT2D eigenvalue weighted by Crippen LogP contribution is -2.30. The fraction of sp³-hybridized carbons (Fsp3) is 0.727. The highest BCUT2D eigenvalue weighted by atomic mass is 32.1. The van der Waals surface area contributed by atoms with Gasteiger partial charge < -0.3 is 5.32 Å². The van der Waals surface area contributed by atoms with Crippen LogP contribution in [-0.4, -0.2) is 18.1 Å². The quantitative estimate of drug-likeness (QED) is 0.824. The molecule has 2 rings (SSSR count). The molecular weight excluding hydrogens is 192 g/mol. The van der Waals surface area contributed by atoms with Crippen LogP contribution in [0.5, 0.6) is 0 Å². The first-order valence-corrected chi connectivity index (χ1v) is 6.17. The summed E-state index contributed by atoms with van der Waals surface area (Å²) in [6.45, 7) is 4.41. The van der Waals surface area contributed by atoms with Gasteiger partial charge in [-0.3, -0.25) is 0 Å². The van der Waals surface area contributed by atoms with Crippen molar-refractivity contribution >= 4 is 11.3 Å². The van der Waals surface area contributed by atoms with Gasteiger partial charge in [-0.2, -0.15) is 0 Å². The molecule has 1 saturated carbocycles. The van der Waals surface area contributed by atoms with Crippen molar-refractivity contribution in [2.75, 3.05) is 7.05 Å². The molecule has 0 bridgehead atoms. The average molecular weight is 210 g/mol. The fourth-order valence-corrected chi connectivity index (χ4v) is 2.73. The van der Waals surface area contributed by atoms with E-state index >= 15 is 0 Å². The molecule has 2 nitrogen and oxygen atoms in total. The summed E-state index contributed by atoms with van der Waals surface area (Å²) in [6.07, 6.45) is 2.48. The molecule has 1 aliphatic carbocycles. The van der Waals surface area contributed by atoms with Crippen LogP contribution in [0, 0.1) is 18.8 Å². The van der Waals surface area contributed by atoms with Gasteiger partial charge in [0.25, 0.3) is 0 Å². The van der Waals surface area contributed by atoms with E-state index < -0.39 is 0 Å². The molecule has 3 atom stereocenters. The van der Waals surface area contributed by atoms with Crippen molar-refractivity contribution in [1.82, 2.24) is 10.3 Å². The van der Waals surface area contributed by atoms with Crippen molar-refractivity contribution in [2.24, 2.45) is 11.8 Å². The zero-order valence-electron chi connectivity index (χ0n) is 9.08. The molecule has 3 unspecified atom stereocenters. The van der Waals surface area contributed by atoms with Crippen LogP contribution < -0.4 is 5.32 Å². The highest BCUT2D eigenvalue weighted by Crippen LogP contribution is 2.41. The molecule has 1 heterocycles. The van der Waals surface area contributed by atoms with Gasteiger partial charge in [0.2, 0.25) is 0 Å². The Bertz CT molecular complexity index is 308. The summed E-state index contributed by atoms with van der Waals surface area (Å²) in [7, 11) is 2.06. The molecule has 0 amide bonds. The first-order valence-electron chi connectivity index (χ1n) is 5.29. The number of aryl methyl sites for hydroxylation is 1. The summed E-state index contributed by atoms with van der Waals surface area (Å²) in [5.41, 5.74) is 1.26. The van der Waals surface area contributed by atoms with E-state index in [9.17, 15) is 0 Å². The second kappa shape index (κ2) is 3.99. The third kappa shape index (κ3) is 2.15. The highest BCUT2D eigenvalue weighted by Gasteiger charge is 2.38. The normalized spacial score (nSPS) is 27.6. The van der Waals surface area contributed by atoms with Crippen LogP contribution in [0.15, 0.2) is 5.38 Å². The van der Waals surface area contributed by atoms with Crippen molar-refractivity contribution in [3.05, 3.63) is 16.1 Å². The van der Waals surface area contributed by atoms with Gasteiger partial charge in [0.15, 0.2) is 0 Å². The van der Waals surface area contributed by atoms with Gasteiger partial charge in [-0.1, -0.05) is 6.92 Å². The maximum atomic E-state index is 4.51. The van der Waals surface area contributed by atoms with E-state index in [4.69, 9.17) is 0 Å². The third-order valence-electron chi connectivity index (χ3n) is 3.15. The summed E-state index contributed by atoms with van der Waals surface area (Å²) >= 11 is 1.75. The third-order valence-corrected chi connectivity index (χ3v) is 3.98. The Hall–Kier alpha value is -0.410. The fourth-order valence-electron chi connectivity index (χ4n) is 2.11. The van der Waals surface area contributed by atoms with E-state index in [-0.39, 0.29) is 0 Å². The Labute approximate surface area is 89.8 Å². The van der Waals surface area contributed by atoms with Crippen LogP contribution in [0.3, 0.4) is 0 Å². The van der Waals surface area contributed by atoms with Gasteiger partial charge in [0.05, 0.1) is 10.7 Å². The number of hydrogen-bond acceptors (Lipinski definition) is 3. The molecule has 0 radical (unpaired) electrons. The van der Waals surface area contributed by atoms with Gasteiger partial charge in [0.1, 0.15) is 0 Å². The topological polar surface area (TPSA) is 24.9 Å². The minimum atomic E-state index is 0.631. The summed E-state index contributed by atoms with van der Waals surface area (Å²) in [5, 5.41) is 6.78. The summed E-state index contributed by atoms with van der Waals surface area (Å²) in [5.74, 6) is 1.79. The van der Waals surface area contributed by atoms with Crippen LogP contribution in [0.4, 0.5) is 0 Å². The molecule has 0 saturated heterocycles. The van der Waals surface area contributed by atoms with Crippen LogP contribution in [0.1, 0.15) is 24.0 Å². The summed E-state index contributed by atoms with van der Waals surface area (Å²) in [4.78, 5) is 4.51. The standard InChI is InChI=1S/C11H18N2S/c1-7-4-10(7)11(12-3)5-9-6-14-8(2)13-9/h6-7,10-12H,4-5H2,1-3H3. The molecule has 78 valence electrons. The number of nitrogens with zero attached hydrogens (tertiary/aromatic N) is 1. The molecular formula is C11H18N2S. The average Bonchev–Trinajstić information content (AvgIpc) is 2.72. The van der Waals surface area contributed by atoms with Crippen molar-refractivity contribution in [3.63, 3.8) is 0 Å². The minimum Gasteiger partial charge on any atom is -0.316 e. The van der Waals surface area contributed by atoms with Gasteiger partial charge in [-0.05, 0) is 32.2 Å². The highest BCUT2D eigenvalue weighted by molar-refractivity contribution is 7.09. The Balaban J connectivity index is 1.94. The van der Waals surface area contributed by atoms with Crippen molar-refractivity contribution in [2.45, 2.75) is 32.7 Å². The number of rotatable bonds is 4. The van der Waals surface area contributed by atoms with Gasteiger partial charge >= 0.3 is 0 Å². The zero-order chi connectivity index (χ0) is 10.1. The van der Waals surface area contributed by atoms with E-state index in [0.29, 0.717) is 6.04 Å². The predicted octanol–water partition coefficient (Wildman–Crippen LogP) is 2.24. The summed E-state index contributed by atoms with van der Waals surface area (Å²) in [6, 6.07) is 0.631. The zero-order valence-corrected chi connectivity index (χ0v) is 9.90. The monoisotopic (exact) mass is 210 g/mol. The van der Waals surface area contributed by atoms with E-state index in [1.165, 1.54) is 17.1 Å². The molecule has 1 fully saturated rings. The van der Waals surface area contributed by atoms with E-state index in [1.807, 2.05) is 0 Å². The Morgan fingerprint density at radius 1 is 1.71 bits per heavy atom. The minimum absolute atomic E-state index is 0.631. The lowest BCUT2D eigenvalue weighted by molar-refractivity contribution is 0.476. The van der Waals surface area contributed by atoms with Gasteiger partial charge in [-0.15, -0.1) is 11.3 Å². The number of nitrogens with one attached hydrogen (secondary N) is 1. The van der Waals surface area contributed by atoms with Crippen LogP contribution in [-0.2, 0) is 6.42 Å². The Morgan fingerprint density at radius 2 is 2.43 bits per heavy atom. The lowest BCUT2D eigenvalue weighted by atomic mass is 10.1. The molecule has 3 heteroatoms. The van der Waals surface area contributed by atoms with Crippen molar-refractivity contribution < 1.29 is 0 Å². The number of aromatic nitrogens is 1. The lowest BCUT2D eigenvalue weighted by Gasteiger charge is -2.14. The predicted molar refractivity (Wildman–Crippen MR) is 60.7 cm³/mol. The second-order valence-electron chi connectivity index (χ2n) is 4.33.